The molecule has 3 aliphatic rings. The van der Waals surface area contributed by atoms with Gasteiger partial charge < -0.3 is 29.7 Å². The van der Waals surface area contributed by atoms with Crippen LogP contribution in [0.15, 0.2) is 0 Å². The molecule has 0 saturated heterocycles. The van der Waals surface area contributed by atoms with Gasteiger partial charge in [0.05, 0.1) is 0 Å². The Morgan fingerprint density at radius 1 is 0.586 bits per heavy atom. The maximum Gasteiger partial charge on any atom is 4.00 e. The largest absolute Gasteiger partial charge is 4.00 e. The van der Waals surface area contributed by atoms with Crippen LogP contribution in [-0.2, 0) is 25.8 Å². The average molecular weight is 573 g/mol. The predicted molar refractivity (Wildman–Crippen MR) is 134 cm³/mol. The van der Waals surface area contributed by atoms with Crippen LogP contribution < -0.4 is 0 Å². The molecule has 0 nitrogen and oxygen atoms in total. The monoisotopic (exact) mass is 574 g/mol. The van der Waals surface area contributed by atoms with Crippen molar-refractivity contribution in [2.45, 2.75) is 100 Å². The van der Waals surface area contributed by atoms with Gasteiger partial charge in [0.15, 0.2) is 0 Å². The Hall–Kier alpha value is 0.870. The van der Waals surface area contributed by atoms with Crippen LogP contribution in [0.5, 0.6) is 0 Å². The third-order valence-electron chi connectivity index (χ3n) is 8.50. The first-order valence-corrected chi connectivity index (χ1v) is 11.1. The predicted octanol–water partition coefficient (Wildman–Crippen LogP) is 9.62. The van der Waals surface area contributed by atoms with Gasteiger partial charge in [-0.2, -0.15) is 0 Å². The number of rotatable bonds is 1. The molecule has 0 heterocycles. The number of hydrogen-bond donors (Lipinski definition) is 0. The molecule has 0 amide bonds. The van der Waals surface area contributed by atoms with Crippen LogP contribution in [-0.4, -0.2) is 0 Å². The van der Waals surface area contributed by atoms with E-state index >= 15 is 0 Å². The van der Waals surface area contributed by atoms with Gasteiger partial charge in [-0.15, -0.1) is 0 Å². The Bertz CT molecular complexity index is 337. The van der Waals surface area contributed by atoms with Crippen LogP contribution in [0.1, 0.15) is 100 Å². The summed E-state index contributed by atoms with van der Waals surface area (Å²) in [5.41, 5.74) is 0.553. The van der Waals surface area contributed by atoms with E-state index in [9.17, 15) is 0 Å². The first kappa shape index (κ1) is 37.2. The molecule has 0 N–H and O–H groups in total. The quantitative estimate of drug-likeness (QED) is 0.217. The summed E-state index contributed by atoms with van der Waals surface area (Å²) in [4.78, 5) is 0. The zero-order valence-corrected chi connectivity index (χ0v) is 26.2. The molecule has 3 fully saturated rings. The van der Waals surface area contributed by atoms with Crippen LogP contribution >= 0.6 is 0 Å². The second-order valence-electron chi connectivity index (χ2n) is 11.1. The fraction of sp³-hybridized carbons (Fsp3) is 0.857. The van der Waals surface area contributed by atoms with Gasteiger partial charge in [0.1, 0.15) is 0 Å². The van der Waals surface area contributed by atoms with Gasteiger partial charge in [0, 0.05) is 0 Å². The molecule has 3 rings (SSSR count). The zero-order chi connectivity index (χ0) is 18.1. The van der Waals surface area contributed by atoms with Crippen molar-refractivity contribution in [2.24, 2.45) is 52.8 Å². The maximum absolute atomic E-state index is 2.41. The zero-order valence-electron chi connectivity index (χ0n) is 22.6. The first-order valence-electron chi connectivity index (χ1n) is 11.1. The molecule has 3 unspecified atom stereocenters. The molecule has 174 valence electrons. The second-order valence-corrected chi connectivity index (χ2v) is 11.1. The summed E-state index contributed by atoms with van der Waals surface area (Å²) in [5, 5.41) is 0. The summed E-state index contributed by atoms with van der Waals surface area (Å²) in [6.07, 6.45) is 10.7. The molecule has 3 saturated carbocycles. The van der Waals surface area contributed by atoms with E-state index in [4.69, 9.17) is 0 Å². The minimum Gasteiger partial charge on any atom is -0.358 e. The second kappa shape index (κ2) is 15.6. The third-order valence-corrected chi connectivity index (χ3v) is 8.50. The number of hydrogen-bond acceptors (Lipinski definition) is 0. The SMILES string of the molecule is CC(C)(C)CC1CCC2CCCCC21.CC1C(C)C(C)C(C)C1C.[CH3-].[CH3-].[CH3-].[CH3-].[Hf+4]. The van der Waals surface area contributed by atoms with E-state index in [1.165, 1.54) is 25.7 Å². The fourth-order valence-electron chi connectivity index (χ4n) is 6.29. The van der Waals surface area contributed by atoms with Crippen LogP contribution in [0.25, 0.3) is 0 Å². The van der Waals surface area contributed by atoms with E-state index in [2.05, 4.69) is 55.4 Å². The van der Waals surface area contributed by atoms with E-state index < -0.39 is 0 Å². The fourth-order valence-corrected chi connectivity index (χ4v) is 6.29. The molecule has 0 bridgehead atoms. The standard InChI is InChI=1S/C14H26.C10H20.4CH3.Hf/c1-14(2,3)10-12-9-8-11-6-4-5-7-13(11)12;1-6-7(2)9(4)10(5)8(6)3;;;;;/h11-13H,4-10H2,1-3H3;6-10H,1-5H3;4*1H3;/q;;4*-1;+4. The normalized spacial score (nSPS) is 37.7. The van der Waals surface area contributed by atoms with E-state index in [0.717, 1.165) is 47.3 Å². The molecule has 0 aromatic carbocycles. The smallest absolute Gasteiger partial charge is 0.358 e. The molecule has 0 aromatic rings. The molecular formula is C28H58Hf. The Labute approximate surface area is 208 Å². The van der Waals surface area contributed by atoms with Crippen molar-refractivity contribution in [3.8, 4) is 0 Å². The van der Waals surface area contributed by atoms with Gasteiger partial charge in [-0.25, -0.2) is 0 Å². The molecule has 3 atom stereocenters. The molecule has 29 heavy (non-hydrogen) atoms. The van der Waals surface area contributed by atoms with Crippen LogP contribution in [0.3, 0.4) is 0 Å². The Morgan fingerprint density at radius 2 is 0.966 bits per heavy atom. The van der Waals surface area contributed by atoms with Crippen LogP contribution in [0.4, 0.5) is 0 Å². The molecular weight excluding hydrogens is 515 g/mol. The molecule has 0 aromatic heterocycles. The van der Waals surface area contributed by atoms with Gasteiger partial charge in [-0.3, -0.25) is 0 Å². The maximum atomic E-state index is 2.41. The van der Waals surface area contributed by atoms with Gasteiger partial charge >= 0.3 is 25.8 Å². The van der Waals surface area contributed by atoms with Gasteiger partial charge in [-0.05, 0) is 78.4 Å². The van der Waals surface area contributed by atoms with Crippen LogP contribution in [0, 0.1) is 82.5 Å². The van der Waals surface area contributed by atoms with Crippen LogP contribution in [0.2, 0.25) is 0 Å². The number of fused-ring (bicyclic) bond motifs is 1. The van der Waals surface area contributed by atoms with Crippen molar-refractivity contribution in [3.05, 3.63) is 29.7 Å². The molecule has 0 spiro atoms. The summed E-state index contributed by atoms with van der Waals surface area (Å²) in [5.74, 6) is 7.98. The van der Waals surface area contributed by atoms with Crippen molar-refractivity contribution in [1.82, 2.24) is 0 Å². The van der Waals surface area contributed by atoms with Crippen molar-refractivity contribution in [3.63, 3.8) is 0 Å². The van der Waals surface area contributed by atoms with Crippen molar-refractivity contribution in [2.75, 3.05) is 0 Å². The van der Waals surface area contributed by atoms with E-state index in [0.29, 0.717) is 5.41 Å². The van der Waals surface area contributed by atoms with Gasteiger partial charge in [0.2, 0.25) is 0 Å². The summed E-state index contributed by atoms with van der Waals surface area (Å²) < 4.78 is 0. The third kappa shape index (κ3) is 9.91. The molecule has 0 aliphatic heterocycles. The summed E-state index contributed by atoms with van der Waals surface area (Å²) in [6, 6.07) is 0. The van der Waals surface area contributed by atoms with E-state index in [1.807, 2.05) is 0 Å². The molecule has 3 aliphatic carbocycles. The van der Waals surface area contributed by atoms with Crippen molar-refractivity contribution >= 4 is 0 Å². The Kier molecular flexibility index (Phi) is 20.1. The minimum atomic E-state index is 0. The minimum absolute atomic E-state index is 0. The van der Waals surface area contributed by atoms with E-state index in [1.54, 1.807) is 19.3 Å². The molecule has 1 heteroatoms. The topological polar surface area (TPSA) is 0 Å². The Balaban J connectivity index is -0.000000191. The summed E-state index contributed by atoms with van der Waals surface area (Å²) in [6.45, 7) is 19.2. The van der Waals surface area contributed by atoms with E-state index in [-0.39, 0.29) is 55.5 Å². The van der Waals surface area contributed by atoms with Crippen molar-refractivity contribution in [1.29, 1.82) is 0 Å². The first-order chi connectivity index (χ1) is 11.1. The van der Waals surface area contributed by atoms with Crippen molar-refractivity contribution < 1.29 is 25.8 Å². The van der Waals surface area contributed by atoms with Gasteiger partial charge in [-0.1, -0.05) is 74.7 Å². The Morgan fingerprint density at radius 3 is 1.34 bits per heavy atom. The summed E-state index contributed by atoms with van der Waals surface area (Å²) in [7, 11) is 0. The molecule has 0 radical (unpaired) electrons. The van der Waals surface area contributed by atoms with Gasteiger partial charge in [0.25, 0.3) is 0 Å². The average Bonchev–Trinajstić information content (AvgIpc) is 2.99. The summed E-state index contributed by atoms with van der Waals surface area (Å²) >= 11 is 0.